The van der Waals surface area contributed by atoms with E-state index in [-0.39, 0.29) is 18.3 Å². The van der Waals surface area contributed by atoms with Gasteiger partial charge in [0.05, 0.1) is 0 Å². The van der Waals surface area contributed by atoms with Gasteiger partial charge in [-0.25, -0.2) is 0 Å². The van der Waals surface area contributed by atoms with E-state index in [0.29, 0.717) is 30.2 Å². The molecule has 0 unspecified atom stereocenters. The Morgan fingerprint density at radius 1 is 0.926 bits per heavy atom. The maximum Gasteiger partial charge on any atom is 0.267 e. The molecule has 2 aliphatic heterocycles. The maximum atomic E-state index is 12.8. The monoisotopic (exact) mass is 366 g/mol. The first kappa shape index (κ1) is 17.4. The number of hydrogen-bond acceptors (Lipinski definition) is 5. The second-order valence-electron chi connectivity index (χ2n) is 6.78. The van der Waals surface area contributed by atoms with Gasteiger partial charge < -0.3 is 19.3 Å². The Morgan fingerprint density at radius 3 is 2.26 bits per heavy atom. The number of carbonyl (C=O) groups is 2. The van der Waals surface area contributed by atoms with E-state index < -0.39 is 6.10 Å². The molecule has 0 saturated carbocycles. The van der Waals surface area contributed by atoms with Crippen LogP contribution in [0, 0.1) is 0 Å². The van der Waals surface area contributed by atoms with Crippen LogP contribution in [0.4, 0.5) is 5.69 Å². The second-order valence-corrected chi connectivity index (χ2v) is 6.78. The summed E-state index contributed by atoms with van der Waals surface area (Å²) in [5, 5.41) is 0. The Kier molecular flexibility index (Phi) is 4.71. The van der Waals surface area contributed by atoms with Crippen LogP contribution in [0.25, 0.3) is 0 Å². The zero-order valence-electron chi connectivity index (χ0n) is 15.3. The lowest BCUT2D eigenvalue weighted by molar-refractivity contribution is -0.141. The molecule has 1 saturated heterocycles. The Balaban J connectivity index is 1.35. The first-order valence-electron chi connectivity index (χ1n) is 9.15. The summed E-state index contributed by atoms with van der Waals surface area (Å²) in [6, 6.07) is 15.0. The van der Waals surface area contributed by atoms with Crippen molar-refractivity contribution in [2.24, 2.45) is 0 Å². The Morgan fingerprint density at radius 2 is 1.59 bits per heavy atom. The van der Waals surface area contributed by atoms with Gasteiger partial charge >= 0.3 is 0 Å². The number of ketones is 1. The van der Waals surface area contributed by atoms with E-state index >= 15 is 0 Å². The number of amides is 1. The van der Waals surface area contributed by atoms with Crippen molar-refractivity contribution in [3.05, 3.63) is 54.1 Å². The van der Waals surface area contributed by atoms with Crippen molar-refractivity contribution in [2.75, 3.05) is 37.7 Å². The molecule has 2 aromatic rings. The number of ether oxygens (including phenoxy) is 2. The zero-order chi connectivity index (χ0) is 18.8. The van der Waals surface area contributed by atoms with Crippen LogP contribution in [-0.2, 0) is 4.79 Å². The fraction of sp³-hybridized carbons (Fsp3) is 0.333. The lowest BCUT2D eigenvalue weighted by Crippen LogP contribution is -2.54. The Bertz CT molecular complexity index is 842. The molecule has 4 rings (SSSR count). The number of rotatable bonds is 3. The van der Waals surface area contributed by atoms with Crippen LogP contribution in [0.3, 0.4) is 0 Å². The van der Waals surface area contributed by atoms with E-state index in [4.69, 9.17) is 9.47 Å². The number of piperazine rings is 1. The molecule has 2 heterocycles. The number of hydrogen-bond donors (Lipinski definition) is 0. The van der Waals surface area contributed by atoms with Gasteiger partial charge in [-0.05, 0) is 43.3 Å². The average Bonchev–Trinajstić information content (AvgIpc) is 2.73. The number of Topliss-reactive ketones (excluding diaryl/α,β-unsaturated/α-hetero) is 1. The summed E-state index contributed by atoms with van der Waals surface area (Å²) in [7, 11) is 0. The van der Waals surface area contributed by atoms with Crippen molar-refractivity contribution in [3.8, 4) is 11.5 Å². The second kappa shape index (κ2) is 7.31. The fourth-order valence-electron chi connectivity index (χ4n) is 3.44. The molecule has 0 spiro atoms. The summed E-state index contributed by atoms with van der Waals surface area (Å²) in [5.74, 6) is 1.33. The standard InChI is InChI=1S/C21H22N2O4/c1-15(24)16-6-8-17(9-7-16)22-10-12-23(13-11-22)21(25)20-14-26-18-4-2-3-5-19(18)27-20/h2-9,20H,10-14H2,1H3/t20-/m1/s1. The summed E-state index contributed by atoms with van der Waals surface area (Å²) in [6.45, 7) is 4.56. The molecule has 0 N–H and O–H groups in total. The predicted molar refractivity (Wildman–Crippen MR) is 102 cm³/mol. The van der Waals surface area contributed by atoms with Crippen LogP contribution >= 0.6 is 0 Å². The topological polar surface area (TPSA) is 59.1 Å². The molecule has 2 aromatic carbocycles. The lowest BCUT2D eigenvalue weighted by atomic mass is 10.1. The van der Waals surface area contributed by atoms with Crippen LogP contribution < -0.4 is 14.4 Å². The molecule has 6 nitrogen and oxygen atoms in total. The van der Waals surface area contributed by atoms with Gasteiger partial charge in [0, 0.05) is 37.4 Å². The molecule has 0 aliphatic carbocycles. The van der Waals surface area contributed by atoms with Crippen LogP contribution in [0.5, 0.6) is 11.5 Å². The highest BCUT2D eigenvalue weighted by Gasteiger charge is 2.32. The zero-order valence-corrected chi connectivity index (χ0v) is 15.3. The minimum absolute atomic E-state index is 0.0314. The number of fused-ring (bicyclic) bond motifs is 1. The van der Waals surface area contributed by atoms with Crippen LogP contribution in [0.15, 0.2) is 48.5 Å². The third-order valence-electron chi connectivity index (χ3n) is 5.01. The van der Waals surface area contributed by atoms with Crippen molar-refractivity contribution in [2.45, 2.75) is 13.0 Å². The molecular formula is C21H22N2O4. The first-order chi connectivity index (χ1) is 13.1. The first-order valence-corrected chi connectivity index (χ1v) is 9.15. The largest absolute Gasteiger partial charge is 0.485 e. The van der Waals surface area contributed by atoms with Gasteiger partial charge in [-0.2, -0.15) is 0 Å². The fourth-order valence-corrected chi connectivity index (χ4v) is 3.44. The van der Waals surface area contributed by atoms with Gasteiger partial charge in [0.25, 0.3) is 5.91 Å². The smallest absolute Gasteiger partial charge is 0.267 e. The van der Waals surface area contributed by atoms with E-state index in [1.807, 2.05) is 53.4 Å². The molecule has 2 aliphatic rings. The van der Waals surface area contributed by atoms with Gasteiger partial charge in [0.2, 0.25) is 6.10 Å². The molecular weight excluding hydrogens is 344 g/mol. The number of anilines is 1. The normalized spacial score (nSPS) is 18.9. The summed E-state index contributed by atoms with van der Waals surface area (Å²) in [6.07, 6.45) is -0.596. The van der Waals surface area contributed by atoms with E-state index in [1.165, 1.54) is 0 Å². The molecule has 0 bridgehead atoms. The van der Waals surface area contributed by atoms with Crippen LogP contribution in [0.1, 0.15) is 17.3 Å². The molecule has 140 valence electrons. The molecule has 6 heteroatoms. The van der Waals surface area contributed by atoms with E-state index in [1.54, 1.807) is 6.92 Å². The summed E-state index contributed by atoms with van der Waals surface area (Å²) in [4.78, 5) is 28.2. The van der Waals surface area contributed by atoms with Crippen LogP contribution in [-0.4, -0.2) is 55.5 Å². The molecule has 1 amide bonds. The van der Waals surface area contributed by atoms with Crippen LogP contribution in [0.2, 0.25) is 0 Å². The summed E-state index contributed by atoms with van der Waals surface area (Å²) >= 11 is 0. The summed E-state index contributed by atoms with van der Waals surface area (Å²) < 4.78 is 11.5. The van der Waals surface area contributed by atoms with Crippen molar-refractivity contribution >= 4 is 17.4 Å². The maximum absolute atomic E-state index is 12.8. The number of nitrogens with zero attached hydrogens (tertiary/aromatic N) is 2. The summed E-state index contributed by atoms with van der Waals surface area (Å²) in [5.41, 5.74) is 1.78. The average molecular weight is 366 g/mol. The molecule has 1 atom stereocenters. The SMILES string of the molecule is CC(=O)c1ccc(N2CCN(C(=O)[C@H]3COc4ccccc4O3)CC2)cc1. The van der Waals surface area contributed by atoms with Crippen molar-refractivity contribution in [1.82, 2.24) is 4.90 Å². The highest BCUT2D eigenvalue weighted by atomic mass is 16.6. The minimum Gasteiger partial charge on any atom is -0.485 e. The highest BCUT2D eigenvalue weighted by molar-refractivity contribution is 5.94. The number of para-hydroxylation sites is 2. The highest BCUT2D eigenvalue weighted by Crippen LogP contribution is 2.31. The molecule has 27 heavy (non-hydrogen) atoms. The Labute approximate surface area is 158 Å². The third kappa shape index (κ3) is 3.60. The van der Waals surface area contributed by atoms with Crippen molar-refractivity contribution in [1.29, 1.82) is 0 Å². The molecule has 1 fully saturated rings. The van der Waals surface area contributed by atoms with Gasteiger partial charge in [-0.3, -0.25) is 9.59 Å². The van der Waals surface area contributed by atoms with Gasteiger partial charge in [0.15, 0.2) is 17.3 Å². The quantitative estimate of drug-likeness (QED) is 0.781. The third-order valence-corrected chi connectivity index (χ3v) is 5.01. The molecule has 0 radical (unpaired) electrons. The van der Waals surface area contributed by atoms with E-state index in [0.717, 1.165) is 18.8 Å². The van der Waals surface area contributed by atoms with Crippen molar-refractivity contribution in [3.63, 3.8) is 0 Å². The number of benzene rings is 2. The Hall–Kier alpha value is -3.02. The van der Waals surface area contributed by atoms with Gasteiger partial charge in [0.1, 0.15) is 6.61 Å². The van der Waals surface area contributed by atoms with Gasteiger partial charge in [-0.15, -0.1) is 0 Å². The minimum atomic E-state index is -0.596. The lowest BCUT2D eigenvalue weighted by Gasteiger charge is -2.38. The van der Waals surface area contributed by atoms with E-state index in [9.17, 15) is 9.59 Å². The molecule has 0 aromatic heterocycles. The van der Waals surface area contributed by atoms with E-state index in [2.05, 4.69) is 4.90 Å². The number of carbonyl (C=O) groups excluding carboxylic acids is 2. The predicted octanol–water partition coefficient (Wildman–Crippen LogP) is 2.38. The van der Waals surface area contributed by atoms with Gasteiger partial charge in [-0.1, -0.05) is 12.1 Å². The van der Waals surface area contributed by atoms with Crippen molar-refractivity contribution < 1.29 is 19.1 Å².